The van der Waals surface area contributed by atoms with E-state index in [1.54, 1.807) is 24.5 Å². The summed E-state index contributed by atoms with van der Waals surface area (Å²) in [6.45, 7) is 0.349. The largest absolute Gasteiger partial charge is 0.488 e. The highest BCUT2D eigenvalue weighted by molar-refractivity contribution is 5.87. The van der Waals surface area contributed by atoms with Crippen LogP contribution in [0.4, 0.5) is 0 Å². The minimum absolute atomic E-state index is 0.112. The molecule has 3 rings (SSSR count). The van der Waals surface area contributed by atoms with Gasteiger partial charge in [-0.15, -0.1) is 0 Å². The maximum Gasteiger partial charge on any atom is 0.360 e. The van der Waals surface area contributed by atoms with Crippen LogP contribution in [0.15, 0.2) is 65.5 Å². The number of nitrogens with zero attached hydrogens (tertiary/aromatic N) is 2. The van der Waals surface area contributed by atoms with E-state index in [-0.39, 0.29) is 18.9 Å². The third-order valence-corrected chi connectivity index (χ3v) is 2.95. The van der Waals surface area contributed by atoms with Gasteiger partial charge in [0, 0.05) is 11.8 Å². The Morgan fingerprint density at radius 2 is 1.96 bits per heavy atom. The van der Waals surface area contributed by atoms with Gasteiger partial charge in [0.05, 0.1) is 6.20 Å². The van der Waals surface area contributed by atoms with Gasteiger partial charge in [-0.25, -0.2) is 9.78 Å². The van der Waals surface area contributed by atoms with E-state index < -0.39 is 5.97 Å². The van der Waals surface area contributed by atoms with Crippen molar-refractivity contribution < 1.29 is 18.7 Å². The Kier molecular flexibility index (Phi) is 4.63. The Morgan fingerprint density at radius 1 is 1.09 bits per heavy atom. The minimum Gasteiger partial charge on any atom is -0.488 e. The van der Waals surface area contributed by atoms with Crippen LogP contribution in [0.2, 0.25) is 0 Å². The van der Waals surface area contributed by atoms with E-state index in [0.29, 0.717) is 11.6 Å². The molecule has 0 saturated heterocycles. The number of aromatic nitrogens is 2. The van der Waals surface area contributed by atoms with Gasteiger partial charge < -0.3 is 13.9 Å². The zero-order valence-corrected chi connectivity index (χ0v) is 12.2. The lowest BCUT2D eigenvalue weighted by molar-refractivity contribution is 0.0443. The molecule has 0 saturated carbocycles. The average molecular weight is 310 g/mol. The topological polar surface area (TPSA) is 74.5 Å². The molecule has 2 heterocycles. The molecule has 0 aliphatic carbocycles. The van der Waals surface area contributed by atoms with Crippen LogP contribution < -0.4 is 4.74 Å². The highest BCUT2D eigenvalue weighted by atomic mass is 16.6. The third-order valence-electron chi connectivity index (χ3n) is 2.95. The molecule has 0 N–H and O–H groups in total. The third kappa shape index (κ3) is 3.94. The van der Waals surface area contributed by atoms with Crippen molar-refractivity contribution in [3.05, 3.63) is 66.8 Å². The van der Waals surface area contributed by atoms with Crippen LogP contribution >= 0.6 is 0 Å². The number of pyridine rings is 1. The SMILES string of the molecule is O=C(OCCOc1cccnc1)c1coc(-c2ccccc2)n1. The summed E-state index contributed by atoms with van der Waals surface area (Å²) in [5, 5.41) is 0. The van der Waals surface area contributed by atoms with E-state index in [4.69, 9.17) is 13.9 Å². The van der Waals surface area contributed by atoms with Gasteiger partial charge in [-0.05, 0) is 24.3 Å². The van der Waals surface area contributed by atoms with E-state index in [0.717, 1.165) is 5.56 Å². The fourth-order valence-corrected chi connectivity index (χ4v) is 1.88. The molecule has 0 unspecified atom stereocenters. The summed E-state index contributed by atoms with van der Waals surface area (Å²) in [4.78, 5) is 19.9. The monoisotopic (exact) mass is 310 g/mol. The van der Waals surface area contributed by atoms with Crippen LogP contribution in [0.25, 0.3) is 11.5 Å². The quantitative estimate of drug-likeness (QED) is 0.515. The molecule has 116 valence electrons. The van der Waals surface area contributed by atoms with Gasteiger partial charge in [-0.2, -0.15) is 0 Å². The molecular weight excluding hydrogens is 296 g/mol. The second-order valence-electron chi connectivity index (χ2n) is 4.58. The first-order chi connectivity index (χ1) is 11.3. The average Bonchev–Trinajstić information content (AvgIpc) is 3.10. The van der Waals surface area contributed by atoms with Crippen molar-refractivity contribution in [3.8, 4) is 17.2 Å². The predicted octanol–water partition coefficient (Wildman–Crippen LogP) is 2.97. The molecule has 1 aromatic carbocycles. The van der Waals surface area contributed by atoms with Crippen molar-refractivity contribution in [2.24, 2.45) is 0 Å². The van der Waals surface area contributed by atoms with Gasteiger partial charge in [0.15, 0.2) is 5.69 Å². The minimum atomic E-state index is -0.550. The predicted molar refractivity (Wildman–Crippen MR) is 82.0 cm³/mol. The van der Waals surface area contributed by atoms with Crippen LogP contribution in [0.1, 0.15) is 10.5 Å². The molecule has 0 spiro atoms. The molecule has 6 nitrogen and oxygen atoms in total. The Hall–Kier alpha value is -3.15. The molecule has 3 aromatic rings. The second-order valence-corrected chi connectivity index (χ2v) is 4.58. The number of hydrogen-bond donors (Lipinski definition) is 0. The van der Waals surface area contributed by atoms with Crippen LogP contribution in [0.3, 0.4) is 0 Å². The zero-order chi connectivity index (χ0) is 15.9. The fourth-order valence-electron chi connectivity index (χ4n) is 1.88. The normalized spacial score (nSPS) is 10.3. The summed E-state index contributed by atoms with van der Waals surface area (Å²) in [7, 11) is 0. The number of oxazole rings is 1. The lowest BCUT2D eigenvalue weighted by Gasteiger charge is -2.05. The van der Waals surface area contributed by atoms with Crippen molar-refractivity contribution in [1.29, 1.82) is 0 Å². The lowest BCUT2D eigenvalue weighted by Crippen LogP contribution is -2.12. The molecule has 0 fully saturated rings. The van der Waals surface area contributed by atoms with E-state index in [2.05, 4.69) is 9.97 Å². The first-order valence-electron chi connectivity index (χ1n) is 7.04. The standard InChI is InChI=1S/C17H14N2O4/c20-17(22-10-9-21-14-7-4-8-18-11-14)15-12-23-16(19-15)13-5-2-1-3-6-13/h1-8,11-12H,9-10H2. The molecule has 0 aliphatic rings. The molecule has 0 bridgehead atoms. The number of carbonyl (C=O) groups excluding carboxylic acids is 1. The summed E-state index contributed by atoms with van der Waals surface area (Å²) in [5.74, 6) is 0.450. The second kappa shape index (κ2) is 7.22. The van der Waals surface area contributed by atoms with E-state index in [1.807, 2.05) is 30.3 Å². The summed E-state index contributed by atoms with van der Waals surface area (Å²) in [6, 6.07) is 12.9. The maximum atomic E-state index is 11.9. The first kappa shape index (κ1) is 14.8. The molecule has 0 radical (unpaired) electrons. The first-order valence-corrected chi connectivity index (χ1v) is 7.04. The number of rotatable bonds is 6. The highest BCUT2D eigenvalue weighted by Gasteiger charge is 2.14. The summed E-state index contributed by atoms with van der Waals surface area (Å²) >= 11 is 0. The van der Waals surface area contributed by atoms with E-state index >= 15 is 0 Å². The Morgan fingerprint density at radius 3 is 2.74 bits per heavy atom. The van der Waals surface area contributed by atoms with Crippen molar-refractivity contribution in [3.63, 3.8) is 0 Å². The molecule has 2 aromatic heterocycles. The summed E-state index contributed by atoms with van der Waals surface area (Å²) in [5.41, 5.74) is 0.927. The Bertz CT molecular complexity index is 757. The van der Waals surface area contributed by atoms with Gasteiger partial charge >= 0.3 is 5.97 Å². The van der Waals surface area contributed by atoms with Gasteiger partial charge in [-0.3, -0.25) is 4.98 Å². The van der Waals surface area contributed by atoms with Crippen molar-refractivity contribution in [2.75, 3.05) is 13.2 Å². The lowest BCUT2D eigenvalue weighted by atomic mass is 10.2. The number of ether oxygens (including phenoxy) is 2. The molecule has 0 amide bonds. The van der Waals surface area contributed by atoms with Crippen molar-refractivity contribution in [1.82, 2.24) is 9.97 Å². The molecule has 0 aliphatic heterocycles. The molecular formula is C17H14N2O4. The Labute approximate surface area is 132 Å². The zero-order valence-electron chi connectivity index (χ0n) is 12.2. The van der Waals surface area contributed by atoms with Crippen LogP contribution in [0, 0.1) is 0 Å². The summed E-state index contributed by atoms with van der Waals surface area (Å²) in [6.07, 6.45) is 4.53. The van der Waals surface area contributed by atoms with Crippen LogP contribution in [-0.2, 0) is 4.74 Å². The van der Waals surface area contributed by atoms with Gasteiger partial charge in [0.1, 0.15) is 25.2 Å². The summed E-state index contributed by atoms with van der Waals surface area (Å²) < 4.78 is 15.8. The molecule has 6 heteroatoms. The van der Waals surface area contributed by atoms with Crippen molar-refractivity contribution >= 4 is 5.97 Å². The van der Waals surface area contributed by atoms with Crippen molar-refractivity contribution in [2.45, 2.75) is 0 Å². The fraction of sp³-hybridized carbons (Fsp3) is 0.118. The molecule has 0 atom stereocenters. The smallest absolute Gasteiger partial charge is 0.360 e. The van der Waals surface area contributed by atoms with Crippen LogP contribution in [0.5, 0.6) is 5.75 Å². The number of hydrogen-bond acceptors (Lipinski definition) is 6. The van der Waals surface area contributed by atoms with Gasteiger partial charge in [0.2, 0.25) is 5.89 Å². The Balaban J connectivity index is 1.50. The number of carbonyl (C=O) groups is 1. The highest BCUT2D eigenvalue weighted by Crippen LogP contribution is 2.18. The molecule has 23 heavy (non-hydrogen) atoms. The van der Waals surface area contributed by atoms with Gasteiger partial charge in [-0.1, -0.05) is 18.2 Å². The van der Waals surface area contributed by atoms with Crippen LogP contribution in [-0.4, -0.2) is 29.2 Å². The van der Waals surface area contributed by atoms with E-state index in [1.165, 1.54) is 6.26 Å². The van der Waals surface area contributed by atoms with Gasteiger partial charge in [0.25, 0.3) is 0 Å². The van der Waals surface area contributed by atoms with E-state index in [9.17, 15) is 4.79 Å². The maximum absolute atomic E-state index is 11.9. The number of benzene rings is 1. The number of esters is 1.